The zero-order valence-electron chi connectivity index (χ0n) is 11.4. The molecule has 0 aliphatic rings. The van der Waals surface area contributed by atoms with E-state index in [1.165, 1.54) is 0 Å². The first-order valence-corrected chi connectivity index (χ1v) is 5.63. The first-order valence-electron chi connectivity index (χ1n) is 5.63. The van der Waals surface area contributed by atoms with Crippen molar-refractivity contribution < 1.29 is 14.3 Å². The molecule has 0 rings (SSSR count). The molecule has 1 amide bonds. The summed E-state index contributed by atoms with van der Waals surface area (Å²) >= 11 is 0. The van der Waals surface area contributed by atoms with E-state index in [0.29, 0.717) is 0 Å². The lowest BCUT2D eigenvalue weighted by atomic mass is 10.0. The van der Waals surface area contributed by atoms with Crippen LogP contribution in [0.15, 0.2) is 0 Å². The molecule has 0 radical (unpaired) electrons. The number of ether oxygens (including phenoxy) is 1. The number of amides is 1. The van der Waals surface area contributed by atoms with Crippen molar-refractivity contribution in [3.63, 3.8) is 0 Å². The number of carbonyl (C=O) groups excluding carboxylic acids is 2. The average molecular weight is 239 g/mol. The molecule has 4 nitrogen and oxygen atoms in total. The van der Waals surface area contributed by atoms with Crippen LogP contribution in [-0.4, -0.2) is 23.5 Å². The maximum atomic E-state index is 11.9. The molecule has 96 valence electrons. The highest BCUT2D eigenvalue weighted by Crippen LogP contribution is 2.12. The fourth-order valence-corrected chi connectivity index (χ4v) is 1.15. The number of esters is 1. The second-order valence-electron chi connectivity index (χ2n) is 5.10. The molecule has 0 fully saturated rings. The van der Waals surface area contributed by atoms with Crippen LogP contribution in [-0.2, 0) is 14.3 Å². The van der Waals surface area contributed by atoms with Gasteiger partial charge < -0.3 is 10.1 Å². The smallest absolute Gasteiger partial charge is 0.329 e. The van der Waals surface area contributed by atoms with E-state index < -0.39 is 23.5 Å². The van der Waals surface area contributed by atoms with Crippen molar-refractivity contribution in [3.05, 3.63) is 0 Å². The van der Waals surface area contributed by atoms with Crippen LogP contribution in [0.3, 0.4) is 0 Å². The molecule has 0 saturated heterocycles. The molecule has 0 heterocycles. The predicted molar refractivity (Wildman–Crippen MR) is 66.1 cm³/mol. The molecular formula is C13H21NO3. The quantitative estimate of drug-likeness (QED) is 0.599. The standard InChI is InChI=1S/C13H21NO3/c1-7-8-10(15)14-11(9(2)3)12(16)17-13(4,5)6/h9,11H,1-6H3,(H,14,15)/t11-/m1/s1. The third-order valence-electron chi connectivity index (χ3n) is 1.85. The molecule has 1 N–H and O–H groups in total. The first kappa shape index (κ1) is 15.5. The summed E-state index contributed by atoms with van der Waals surface area (Å²) in [5, 5.41) is 2.55. The lowest BCUT2D eigenvalue weighted by Gasteiger charge is -2.25. The Morgan fingerprint density at radius 1 is 1.24 bits per heavy atom. The van der Waals surface area contributed by atoms with Gasteiger partial charge in [-0.05, 0) is 39.5 Å². The number of hydrogen-bond donors (Lipinski definition) is 1. The van der Waals surface area contributed by atoms with E-state index in [2.05, 4.69) is 17.2 Å². The number of nitrogens with one attached hydrogen (secondary N) is 1. The van der Waals surface area contributed by atoms with Crippen molar-refractivity contribution in [2.24, 2.45) is 5.92 Å². The third kappa shape index (κ3) is 6.62. The largest absolute Gasteiger partial charge is 0.458 e. The van der Waals surface area contributed by atoms with E-state index >= 15 is 0 Å². The molecular weight excluding hydrogens is 218 g/mol. The molecule has 0 unspecified atom stereocenters. The van der Waals surface area contributed by atoms with Crippen molar-refractivity contribution in [2.75, 3.05) is 0 Å². The van der Waals surface area contributed by atoms with Crippen LogP contribution in [0.2, 0.25) is 0 Å². The minimum absolute atomic E-state index is 0.0487. The van der Waals surface area contributed by atoms with E-state index in [-0.39, 0.29) is 5.92 Å². The van der Waals surface area contributed by atoms with Gasteiger partial charge in [0, 0.05) is 0 Å². The molecule has 0 aliphatic heterocycles. The summed E-state index contributed by atoms with van der Waals surface area (Å²) in [7, 11) is 0. The third-order valence-corrected chi connectivity index (χ3v) is 1.85. The van der Waals surface area contributed by atoms with Gasteiger partial charge in [0.25, 0.3) is 5.91 Å². The van der Waals surface area contributed by atoms with Gasteiger partial charge in [0.05, 0.1) is 0 Å². The Labute approximate surface area is 103 Å². The van der Waals surface area contributed by atoms with E-state index in [0.717, 1.165) is 0 Å². The van der Waals surface area contributed by atoms with E-state index in [1.807, 2.05) is 13.8 Å². The van der Waals surface area contributed by atoms with Crippen molar-refractivity contribution in [2.45, 2.75) is 53.2 Å². The number of carbonyl (C=O) groups is 2. The summed E-state index contributed by atoms with van der Waals surface area (Å²) in [6.07, 6.45) is 0. The number of rotatable bonds is 3. The van der Waals surface area contributed by atoms with Crippen LogP contribution in [0.5, 0.6) is 0 Å². The molecule has 0 aromatic heterocycles. The van der Waals surface area contributed by atoms with Crippen LogP contribution in [0.4, 0.5) is 0 Å². The Morgan fingerprint density at radius 3 is 2.12 bits per heavy atom. The van der Waals surface area contributed by atoms with Gasteiger partial charge >= 0.3 is 5.97 Å². The minimum Gasteiger partial charge on any atom is -0.458 e. The maximum absolute atomic E-state index is 11.9. The zero-order chi connectivity index (χ0) is 13.6. The van der Waals surface area contributed by atoms with Gasteiger partial charge in [-0.3, -0.25) is 4.79 Å². The first-order chi connectivity index (χ1) is 7.67. The normalized spacial score (nSPS) is 12.4. The molecule has 1 atom stereocenters. The van der Waals surface area contributed by atoms with E-state index in [9.17, 15) is 9.59 Å². The summed E-state index contributed by atoms with van der Waals surface area (Å²) in [6.45, 7) is 10.6. The van der Waals surface area contributed by atoms with Gasteiger partial charge in [-0.2, -0.15) is 0 Å². The Hall–Kier alpha value is -1.50. The van der Waals surface area contributed by atoms with Gasteiger partial charge in [-0.25, -0.2) is 4.79 Å². The van der Waals surface area contributed by atoms with Crippen molar-refractivity contribution in [3.8, 4) is 11.8 Å². The molecule has 0 saturated carbocycles. The van der Waals surface area contributed by atoms with Gasteiger partial charge in [0.2, 0.25) is 0 Å². The van der Waals surface area contributed by atoms with Gasteiger partial charge in [0.1, 0.15) is 11.6 Å². The van der Waals surface area contributed by atoms with Crippen LogP contribution in [0.1, 0.15) is 41.5 Å². The van der Waals surface area contributed by atoms with Crippen LogP contribution < -0.4 is 5.32 Å². The molecule has 0 aromatic carbocycles. The molecule has 0 spiro atoms. The van der Waals surface area contributed by atoms with Gasteiger partial charge in [-0.15, -0.1) is 0 Å². The lowest BCUT2D eigenvalue weighted by Crippen LogP contribution is -2.46. The van der Waals surface area contributed by atoms with Crippen LogP contribution in [0.25, 0.3) is 0 Å². The highest BCUT2D eigenvalue weighted by Gasteiger charge is 2.28. The van der Waals surface area contributed by atoms with Crippen molar-refractivity contribution >= 4 is 11.9 Å². The summed E-state index contributed by atoms with van der Waals surface area (Å²) in [6, 6.07) is -0.664. The van der Waals surface area contributed by atoms with Crippen LogP contribution in [0, 0.1) is 17.8 Å². The summed E-state index contributed by atoms with van der Waals surface area (Å²) in [5.74, 6) is 3.88. The fourth-order valence-electron chi connectivity index (χ4n) is 1.15. The average Bonchev–Trinajstić information content (AvgIpc) is 2.11. The topological polar surface area (TPSA) is 55.4 Å². The summed E-state index contributed by atoms with van der Waals surface area (Å²) in [5.41, 5.74) is -0.564. The minimum atomic E-state index is -0.664. The molecule has 17 heavy (non-hydrogen) atoms. The molecule has 0 aromatic rings. The SMILES string of the molecule is CC#CC(=O)N[C@@H](C(=O)OC(C)(C)C)C(C)C. The summed E-state index contributed by atoms with van der Waals surface area (Å²) in [4.78, 5) is 23.2. The molecule has 0 bridgehead atoms. The second-order valence-corrected chi connectivity index (χ2v) is 5.10. The van der Waals surface area contributed by atoms with Gasteiger partial charge in [-0.1, -0.05) is 19.8 Å². The van der Waals surface area contributed by atoms with Crippen LogP contribution >= 0.6 is 0 Å². The monoisotopic (exact) mass is 239 g/mol. The van der Waals surface area contributed by atoms with Crippen molar-refractivity contribution in [1.29, 1.82) is 0 Å². The van der Waals surface area contributed by atoms with E-state index in [4.69, 9.17) is 4.74 Å². The Morgan fingerprint density at radius 2 is 1.76 bits per heavy atom. The zero-order valence-corrected chi connectivity index (χ0v) is 11.4. The summed E-state index contributed by atoms with van der Waals surface area (Å²) < 4.78 is 5.24. The number of hydrogen-bond acceptors (Lipinski definition) is 3. The Bertz CT molecular complexity index is 342. The Balaban J connectivity index is 4.68. The second kappa shape index (κ2) is 6.29. The van der Waals surface area contributed by atoms with E-state index in [1.54, 1.807) is 27.7 Å². The molecule has 4 heteroatoms. The maximum Gasteiger partial charge on any atom is 0.329 e. The highest BCUT2D eigenvalue weighted by molar-refractivity contribution is 5.96. The fraction of sp³-hybridized carbons (Fsp3) is 0.692. The van der Waals surface area contributed by atoms with Crippen molar-refractivity contribution in [1.82, 2.24) is 5.32 Å². The molecule has 0 aliphatic carbocycles. The highest BCUT2D eigenvalue weighted by atomic mass is 16.6. The predicted octanol–water partition coefficient (Wildman–Crippen LogP) is 1.49. The lowest BCUT2D eigenvalue weighted by molar-refractivity contribution is -0.159. The van der Waals surface area contributed by atoms with Gasteiger partial charge in [0.15, 0.2) is 0 Å². The Kier molecular flexibility index (Phi) is 5.73.